The van der Waals surface area contributed by atoms with Gasteiger partial charge in [-0.05, 0) is 30.7 Å². The van der Waals surface area contributed by atoms with Crippen LogP contribution in [0.5, 0.6) is 0 Å². The summed E-state index contributed by atoms with van der Waals surface area (Å²) in [6, 6.07) is 20.5. The maximum absolute atomic E-state index is 11.2. The number of rotatable bonds is 6. The second-order valence-electron chi connectivity index (χ2n) is 6.20. The molecule has 2 aromatic carbocycles. The van der Waals surface area contributed by atoms with Gasteiger partial charge in [0.15, 0.2) is 12.9 Å². The summed E-state index contributed by atoms with van der Waals surface area (Å²) in [5.74, 6) is 0. The van der Waals surface area contributed by atoms with E-state index in [0.717, 1.165) is 36.6 Å². The highest BCUT2D eigenvalue weighted by atomic mass is 32.2. The van der Waals surface area contributed by atoms with Gasteiger partial charge in [-0.15, -0.1) is 11.3 Å². The quantitative estimate of drug-likeness (QED) is 0.338. The number of pyridine rings is 1. The van der Waals surface area contributed by atoms with E-state index in [1.165, 1.54) is 16.9 Å². The molecule has 0 aliphatic carbocycles. The van der Waals surface area contributed by atoms with Gasteiger partial charge in [-0.3, -0.25) is 9.63 Å². The van der Waals surface area contributed by atoms with Gasteiger partial charge in [-0.25, -0.2) is 0 Å². The Balaban J connectivity index is 1.67. The topological polar surface area (TPSA) is 30.2 Å². The molecule has 4 rings (SSSR count). The van der Waals surface area contributed by atoms with Crippen LogP contribution < -0.4 is 9.57 Å². The summed E-state index contributed by atoms with van der Waals surface area (Å²) in [5.41, 5.74) is 2.34. The third-order valence-electron chi connectivity index (χ3n) is 4.12. The first-order chi connectivity index (χ1) is 13.2. The number of carbonyl (C=O) groups excluding carboxylic acids is 1. The largest absolute Gasteiger partial charge is 0.297 e. The maximum atomic E-state index is 11.2. The van der Waals surface area contributed by atoms with Crippen molar-refractivity contribution in [3.63, 3.8) is 0 Å². The molecule has 5 heteroatoms. The summed E-state index contributed by atoms with van der Waals surface area (Å²) in [4.78, 5) is 20.1. The lowest BCUT2D eigenvalue weighted by Gasteiger charge is -2.04. The van der Waals surface area contributed by atoms with E-state index in [1.807, 2.05) is 48.8 Å². The van der Waals surface area contributed by atoms with Crippen LogP contribution in [0.2, 0.25) is 0 Å². The number of hydrogen-bond donors (Lipinski definition) is 0. The first-order valence-corrected chi connectivity index (χ1v) is 10.2. The standard InChI is InChI=1S/C22H18NO2S2/c1-16-7-9-18(10-8-16)26-21-12-23(25-15-17-5-3-2-4-6-17)13-22-20(21)11-19(14-24)27-22/h2-14H,15H2,1H3/q+1. The molecule has 0 atom stereocenters. The minimum atomic E-state index is 0.484. The van der Waals surface area contributed by atoms with Crippen LogP contribution in [0.3, 0.4) is 0 Å². The highest BCUT2D eigenvalue weighted by molar-refractivity contribution is 7.99. The first-order valence-electron chi connectivity index (χ1n) is 8.57. The van der Waals surface area contributed by atoms with Crippen LogP contribution >= 0.6 is 23.1 Å². The molecule has 0 saturated carbocycles. The fraction of sp³-hybridized carbons (Fsp3) is 0.0909. The Morgan fingerprint density at radius 3 is 2.59 bits per heavy atom. The van der Waals surface area contributed by atoms with Crippen LogP contribution in [0, 0.1) is 6.92 Å². The molecule has 2 heterocycles. The van der Waals surface area contributed by atoms with Gasteiger partial charge in [0.05, 0.1) is 9.77 Å². The predicted octanol–water partition coefficient (Wildman–Crippen LogP) is 5.09. The average molecular weight is 393 g/mol. The minimum absolute atomic E-state index is 0.484. The number of benzene rings is 2. The zero-order valence-electron chi connectivity index (χ0n) is 14.8. The molecule has 0 saturated heterocycles. The lowest BCUT2D eigenvalue weighted by molar-refractivity contribution is -0.895. The Morgan fingerprint density at radius 1 is 1.07 bits per heavy atom. The molecule has 0 fully saturated rings. The molecular formula is C22H18NO2S2+. The van der Waals surface area contributed by atoms with E-state index in [-0.39, 0.29) is 0 Å². The maximum Gasteiger partial charge on any atom is 0.240 e. The predicted molar refractivity (Wildman–Crippen MR) is 109 cm³/mol. The number of hydrogen-bond acceptors (Lipinski definition) is 4. The van der Waals surface area contributed by atoms with Gasteiger partial charge < -0.3 is 0 Å². The number of nitrogens with zero attached hydrogens (tertiary/aromatic N) is 1. The third-order valence-corrected chi connectivity index (χ3v) is 6.17. The zero-order chi connectivity index (χ0) is 18.6. The van der Waals surface area contributed by atoms with Gasteiger partial charge in [0, 0.05) is 15.0 Å². The molecule has 0 unspecified atom stereocenters. The Morgan fingerprint density at radius 2 is 1.85 bits per heavy atom. The van der Waals surface area contributed by atoms with E-state index in [9.17, 15) is 4.79 Å². The van der Waals surface area contributed by atoms with Crippen molar-refractivity contribution in [1.82, 2.24) is 0 Å². The summed E-state index contributed by atoms with van der Waals surface area (Å²) in [5, 5.41) is 1.08. The van der Waals surface area contributed by atoms with Crippen molar-refractivity contribution in [2.75, 3.05) is 0 Å². The number of aromatic nitrogens is 1. The van der Waals surface area contributed by atoms with Crippen LogP contribution in [0.4, 0.5) is 0 Å². The molecule has 0 amide bonds. The Labute approximate surface area is 166 Å². The van der Waals surface area contributed by atoms with Crippen molar-refractivity contribution >= 4 is 39.5 Å². The van der Waals surface area contributed by atoms with E-state index < -0.39 is 0 Å². The molecule has 4 aromatic rings. The number of thiophene rings is 1. The van der Waals surface area contributed by atoms with Crippen molar-refractivity contribution < 1.29 is 14.4 Å². The molecular weight excluding hydrogens is 374 g/mol. The normalized spacial score (nSPS) is 10.9. The summed E-state index contributed by atoms with van der Waals surface area (Å²) in [7, 11) is 0. The highest BCUT2D eigenvalue weighted by Gasteiger charge is 2.16. The van der Waals surface area contributed by atoms with Crippen LogP contribution in [-0.4, -0.2) is 6.29 Å². The highest BCUT2D eigenvalue weighted by Crippen LogP contribution is 2.35. The van der Waals surface area contributed by atoms with Crippen LogP contribution in [0.15, 0.2) is 82.8 Å². The Bertz CT molecular complexity index is 1070. The van der Waals surface area contributed by atoms with Gasteiger partial charge in [0.1, 0.15) is 4.70 Å². The minimum Gasteiger partial charge on any atom is -0.297 e. The third kappa shape index (κ3) is 4.21. The van der Waals surface area contributed by atoms with Crippen molar-refractivity contribution in [2.24, 2.45) is 0 Å². The van der Waals surface area contributed by atoms with Crippen molar-refractivity contribution in [3.8, 4) is 0 Å². The van der Waals surface area contributed by atoms with Crippen LogP contribution in [-0.2, 0) is 6.61 Å². The molecule has 27 heavy (non-hydrogen) atoms. The summed E-state index contributed by atoms with van der Waals surface area (Å²) in [6.45, 7) is 2.56. The van der Waals surface area contributed by atoms with Crippen LogP contribution in [0.25, 0.3) is 10.1 Å². The van der Waals surface area contributed by atoms with E-state index in [2.05, 4.69) is 31.2 Å². The molecule has 3 nitrogen and oxygen atoms in total. The number of carbonyl (C=O) groups is 1. The zero-order valence-corrected chi connectivity index (χ0v) is 16.4. The summed E-state index contributed by atoms with van der Waals surface area (Å²) < 4.78 is 2.78. The summed E-state index contributed by atoms with van der Waals surface area (Å²) >= 11 is 3.15. The average Bonchev–Trinajstić information content (AvgIpc) is 3.12. The molecule has 0 spiro atoms. The first kappa shape index (κ1) is 17.8. The van der Waals surface area contributed by atoms with Crippen molar-refractivity contribution in [1.29, 1.82) is 0 Å². The summed E-state index contributed by atoms with van der Waals surface area (Å²) in [6.07, 6.45) is 4.83. The van der Waals surface area contributed by atoms with Crippen molar-refractivity contribution in [3.05, 3.63) is 89.1 Å². The molecule has 0 bridgehead atoms. The van der Waals surface area contributed by atoms with Gasteiger partial charge in [0.2, 0.25) is 12.4 Å². The molecule has 0 aliphatic heterocycles. The lowest BCUT2D eigenvalue weighted by atomic mass is 10.2. The fourth-order valence-corrected chi connectivity index (χ4v) is 4.66. The van der Waals surface area contributed by atoms with Gasteiger partial charge in [-0.2, -0.15) is 0 Å². The van der Waals surface area contributed by atoms with E-state index in [0.29, 0.717) is 6.61 Å². The van der Waals surface area contributed by atoms with Crippen molar-refractivity contribution in [2.45, 2.75) is 23.3 Å². The molecule has 0 N–H and O–H groups in total. The second-order valence-corrected chi connectivity index (χ2v) is 8.43. The fourth-order valence-electron chi connectivity index (χ4n) is 2.72. The molecule has 0 radical (unpaired) electrons. The monoisotopic (exact) mass is 392 g/mol. The number of aryl methyl sites for hydroxylation is 1. The molecule has 0 aliphatic rings. The smallest absolute Gasteiger partial charge is 0.240 e. The van der Waals surface area contributed by atoms with E-state index >= 15 is 0 Å². The Hall–Kier alpha value is -2.63. The number of fused-ring (bicyclic) bond motifs is 1. The van der Waals surface area contributed by atoms with Crippen LogP contribution in [0.1, 0.15) is 20.8 Å². The van der Waals surface area contributed by atoms with E-state index in [4.69, 9.17) is 4.84 Å². The van der Waals surface area contributed by atoms with Gasteiger partial charge in [0.25, 0.3) is 0 Å². The molecule has 2 aromatic heterocycles. The lowest BCUT2D eigenvalue weighted by Crippen LogP contribution is -2.41. The van der Waals surface area contributed by atoms with Gasteiger partial charge >= 0.3 is 0 Å². The molecule has 134 valence electrons. The SMILES string of the molecule is Cc1ccc(Sc2c[n+](OCc3ccccc3)cc3sc(C=O)cc23)cc1. The Kier molecular flexibility index (Phi) is 5.23. The second kappa shape index (κ2) is 7.94. The van der Waals surface area contributed by atoms with E-state index in [1.54, 1.807) is 16.5 Å². The number of aldehydes is 1. The van der Waals surface area contributed by atoms with Gasteiger partial charge in [-0.1, -0.05) is 59.8 Å².